The average Bonchev–Trinajstić information content (AvgIpc) is 2.98. The second-order valence-electron chi connectivity index (χ2n) is 10.9. The number of hydrogen-bond donors (Lipinski definition) is 2. The van der Waals surface area contributed by atoms with Gasteiger partial charge in [-0.2, -0.15) is 0 Å². The molecule has 0 saturated carbocycles. The highest BCUT2D eigenvalue weighted by Crippen LogP contribution is 2.36. The first kappa shape index (κ1) is 29.8. The Balaban J connectivity index is 1.87. The van der Waals surface area contributed by atoms with Crippen LogP contribution in [-0.2, 0) is 4.79 Å². The van der Waals surface area contributed by atoms with E-state index in [1.54, 1.807) is 19.2 Å². The molecule has 5 rings (SSSR count). The smallest absolute Gasteiger partial charge is 0.322 e. The summed E-state index contributed by atoms with van der Waals surface area (Å²) in [7, 11) is 0. The van der Waals surface area contributed by atoms with Gasteiger partial charge in [0.25, 0.3) is 0 Å². The van der Waals surface area contributed by atoms with E-state index >= 15 is 4.39 Å². The molecule has 0 spiro atoms. The molecule has 12 heteroatoms. The van der Waals surface area contributed by atoms with Crippen molar-refractivity contribution in [1.82, 2.24) is 24.0 Å². The fraction of sp³-hybridized carbons (Fsp3) is 0.323. The molecular formula is C31H31F2N5O5. The summed E-state index contributed by atoms with van der Waals surface area (Å²) in [4.78, 5) is 50.6. The topological polar surface area (TPSA) is 131 Å². The number of hydrogen-bond acceptors (Lipinski definition) is 7. The van der Waals surface area contributed by atoms with Crippen LogP contribution in [0.3, 0.4) is 0 Å². The molecule has 0 aliphatic carbocycles. The number of pyridine rings is 2. The van der Waals surface area contributed by atoms with Gasteiger partial charge in [0.15, 0.2) is 11.5 Å². The third kappa shape index (κ3) is 5.01. The van der Waals surface area contributed by atoms with Crippen molar-refractivity contribution in [2.24, 2.45) is 0 Å². The lowest BCUT2D eigenvalue weighted by Crippen LogP contribution is -2.50. The Morgan fingerprint density at radius 2 is 1.93 bits per heavy atom. The Hall–Kier alpha value is -4.71. The number of halogens is 2. The van der Waals surface area contributed by atoms with Crippen molar-refractivity contribution in [1.29, 1.82) is 0 Å². The Morgan fingerprint density at radius 1 is 1.19 bits per heavy atom. The molecule has 3 aromatic heterocycles. The van der Waals surface area contributed by atoms with Gasteiger partial charge in [-0.15, -0.1) is 0 Å². The fourth-order valence-electron chi connectivity index (χ4n) is 5.84. The van der Waals surface area contributed by atoms with Gasteiger partial charge < -0.3 is 15.1 Å². The molecule has 1 unspecified atom stereocenters. The van der Waals surface area contributed by atoms with Crippen molar-refractivity contribution in [3.8, 4) is 22.7 Å². The van der Waals surface area contributed by atoms with E-state index < -0.39 is 58.5 Å². The standard InChI is InChI=1S/C31H31F2N5O5/c1-5-24(41)36-12-10-18(13-19(36)15-39)37-22-14-21(33)27(25-20(32)7-6-8-23(25)40)35-29(22)38(31(43)30(37)42)28-17(4)9-11-34-26(28)16(2)3/h5-9,11,14,16,18-19,39-40H,1,10,12-13,15H2,2-4H3/t18?,19-/m0/s1. The van der Waals surface area contributed by atoms with Crippen LogP contribution in [0.15, 0.2) is 58.8 Å². The fourth-order valence-corrected chi connectivity index (χ4v) is 5.84. The number of nitrogens with zero attached hydrogens (tertiary/aromatic N) is 5. The van der Waals surface area contributed by atoms with Gasteiger partial charge in [-0.05, 0) is 55.5 Å². The first-order valence-corrected chi connectivity index (χ1v) is 13.9. The first-order chi connectivity index (χ1) is 20.5. The monoisotopic (exact) mass is 591 g/mol. The van der Waals surface area contributed by atoms with E-state index in [0.29, 0.717) is 16.9 Å². The largest absolute Gasteiger partial charge is 0.507 e. The van der Waals surface area contributed by atoms with Gasteiger partial charge in [0.1, 0.15) is 17.3 Å². The zero-order valence-electron chi connectivity index (χ0n) is 23.9. The lowest BCUT2D eigenvalue weighted by molar-refractivity contribution is -0.131. The molecule has 1 aromatic carbocycles. The van der Waals surface area contributed by atoms with Gasteiger partial charge in [0.05, 0.1) is 35.1 Å². The molecule has 1 aliphatic rings. The number of carbonyl (C=O) groups is 1. The molecule has 4 heterocycles. The first-order valence-electron chi connectivity index (χ1n) is 13.9. The van der Waals surface area contributed by atoms with Crippen molar-refractivity contribution < 1.29 is 23.8 Å². The van der Waals surface area contributed by atoms with Crippen LogP contribution in [0.25, 0.3) is 28.1 Å². The van der Waals surface area contributed by atoms with Gasteiger partial charge >= 0.3 is 11.1 Å². The number of rotatable bonds is 6. The number of likely N-dealkylation sites (tertiary alicyclic amines) is 1. The quantitative estimate of drug-likeness (QED) is 0.258. The summed E-state index contributed by atoms with van der Waals surface area (Å²) in [5.74, 6) is -3.10. The van der Waals surface area contributed by atoms with Gasteiger partial charge in [0.2, 0.25) is 5.91 Å². The van der Waals surface area contributed by atoms with Gasteiger partial charge in [0, 0.05) is 24.8 Å². The molecule has 0 radical (unpaired) electrons. The molecule has 10 nitrogen and oxygen atoms in total. The van der Waals surface area contributed by atoms with Crippen molar-refractivity contribution in [2.75, 3.05) is 13.2 Å². The number of aryl methyl sites for hydroxylation is 1. The van der Waals surface area contributed by atoms with E-state index in [1.165, 1.54) is 17.0 Å². The maximum absolute atomic E-state index is 15.9. The Bertz CT molecular complexity index is 1860. The number of piperidine rings is 1. The summed E-state index contributed by atoms with van der Waals surface area (Å²) in [6.45, 7) is 8.70. The maximum Gasteiger partial charge on any atom is 0.322 e. The van der Waals surface area contributed by atoms with E-state index in [0.717, 1.165) is 27.3 Å². The third-order valence-electron chi connectivity index (χ3n) is 7.89. The molecule has 4 aromatic rings. The zero-order valence-corrected chi connectivity index (χ0v) is 23.9. The number of benzene rings is 1. The summed E-state index contributed by atoms with van der Waals surface area (Å²) < 4.78 is 33.0. The molecule has 224 valence electrons. The number of carbonyl (C=O) groups excluding carboxylic acids is 1. The van der Waals surface area contributed by atoms with Gasteiger partial charge in [-0.25, -0.2) is 13.8 Å². The molecule has 1 saturated heterocycles. The minimum absolute atomic E-state index is 0.0511. The number of fused-ring (bicyclic) bond motifs is 1. The highest BCUT2D eigenvalue weighted by atomic mass is 19.1. The normalized spacial score (nSPS) is 17.0. The molecular weight excluding hydrogens is 560 g/mol. The SMILES string of the molecule is C=CC(=O)N1CCC(n2c(=O)c(=O)n(-c3c(C)ccnc3C(C)C)c3nc(-c4c(O)cccc4F)c(F)cc32)C[C@H]1CO. The van der Waals surface area contributed by atoms with E-state index in [2.05, 4.69) is 16.5 Å². The van der Waals surface area contributed by atoms with Crippen LogP contribution in [0.4, 0.5) is 8.78 Å². The number of aliphatic hydroxyl groups is 1. The van der Waals surface area contributed by atoms with Crippen LogP contribution in [0.1, 0.15) is 49.9 Å². The Kier molecular flexibility index (Phi) is 7.98. The summed E-state index contributed by atoms with van der Waals surface area (Å²) >= 11 is 0. The summed E-state index contributed by atoms with van der Waals surface area (Å²) in [5, 5.41) is 20.5. The minimum Gasteiger partial charge on any atom is -0.507 e. The lowest BCUT2D eigenvalue weighted by Gasteiger charge is -2.39. The summed E-state index contributed by atoms with van der Waals surface area (Å²) in [6, 6.07) is 4.76. The van der Waals surface area contributed by atoms with E-state index in [1.807, 2.05) is 13.8 Å². The highest BCUT2D eigenvalue weighted by Gasteiger charge is 2.34. The van der Waals surface area contributed by atoms with Crippen LogP contribution in [0.2, 0.25) is 0 Å². The van der Waals surface area contributed by atoms with E-state index in [-0.39, 0.29) is 42.4 Å². The summed E-state index contributed by atoms with van der Waals surface area (Å²) in [5.41, 5.74) is -1.82. The molecule has 1 aliphatic heterocycles. The number of phenolic OH excluding ortho intramolecular Hbond substituents is 1. The molecule has 2 N–H and O–H groups in total. The van der Waals surface area contributed by atoms with Crippen LogP contribution >= 0.6 is 0 Å². The minimum atomic E-state index is -1.03. The molecule has 1 amide bonds. The predicted octanol–water partition coefficient (Wildman–Crippen LogP) is 3.74. The molecule has 43 heavy (non-hydrogen) atoms. The lowest BCUT2D eigenvalue weighted by atomic mass is 9.96. The number of amides is 1. The number of aromatic nitrogens is 4. The van der Waals surface area contributed by atoms with Gasteiger partial charge in [-0.1, -0.05) is 26.5 Å². The van der Waals surface area contributed by atoms with Crippen LogP contribution < -0.4 is 11.1 Å². The van der Waals surface area contributed by atoms with Crippen LogP contribution in [0, 0.1) is 18.6 Å². The second-order valence-corrected chi connectivity index (χ2v) is 10.9. The predicted molar refractivity (Wildman–Crippen MR) is 156 cm³/mol. The highest BCUT2D eigenvalue weighted by molar-refractivity contribution is 5.87. The van der Waals surface area contributed by atoms with Crippen molar-refractivity contribution in [3.05, 3.63) is 92.8 Å². The zero-order chi connectivity index (χ0) is 31.2. The average molecular weight is 592 g/mol. The molecule has 2 atom stereocenters. The molecule has 0 bridgehead atoms. The van der Waals surface area contributed by atoms with Gasteiger partial charge in [-0.3, -0.25) is 28.5 Å². The number of aromatic hydroxyl groups is 1. The van der Waals surface area contributed by atoms with E-state index in [4.69, 9.17) is 0 Å². The summed E-state index contributed by atoms with van der Waals surface area (Å²) in [6.07, 6.45) is 3.02. The number of aliphatic hydroxyl groups excluding tert-OH is 1. The van der Waals surface area contributed by atoms with Crippen molar-refractivity contribution in [2.45, 2.75) is 51.6 Å². The van der Waals surface area contributed by atoms with Crippen LogP contribution in [-0.4, -0.2) is 59.3 Å². The Labute approximate surface area is 245 Å². The van der Waals surface area contributed by atoms with Crippen molar-refractivity contribution in [3.63, 3.8) is 0 Å². The number of phenols is 1. The van der Waals surface area contributed by atoms with Crippen molar-refractivity contribution >= 4 is 17.1 Å². The van der Waals surface area contributed by atoms with E-state index in [9.17, 15) is 29.0 Å². The Morgan fingerprint density at radius 3 is 2.58 bits per heavy atom. The molecule has 1 fully saturated rings. The third-order valence-corrected chi connectivity index (χ3v) is 7.89. The van der Waals surface area contributed by atoms with Crippen LogP contribution in [0.5, 0.6) is 5.75 Å². The maximum atomic E-state index is 15.9. The second kappa shape index (κ2) is 11.5.